The van der Waals surface area contributed by atoms with Crippen LogP contribution in [-0.2, 0) is 16.1 Å². The summed E-state index contributed by atoms with van der Waals surface area (Å²) in [5.41, 5.74) is 2.05. The van der Waals surface area contributed by atoms with E-state index in [1.165, 1.54) is 17.5 Å². The summed E-state index contributed by atoms with van der Waals surface area (Å²) in [6.07, 6.45) is 3.01. The van der Waals surface area contributed by atoms with E-state index < -0.39 is 18.1 Å². The van der Waals surface area contributed by atoms with Crippen molar-refractivity contribution in [1.29, 1.82) is 0 Å². The molecule has 5 nitrogen and oxygen atoms in total. The van der Waals surface area contributed by atoms with Crippen molar-refractivity contribution in [3.63, 3.8) is 0 Å². The van der Waals surface area contributed by atoms with Crippen LogP contribution in [0.2, 0.25) is 0 Å². The van der Waals surface area contributed by atoms with Gasteiger partial charge in [-0.15, -0.1) is 0 Å². The number of likely N-dealkylation sites (N-methyl/N-ethyl adjacent to an activating group) is 1. The first-order valence-electron chi connectivity index (χ1n) is 8.22. The lowest BCUT2D eigenvalue weighted by molar-refractivity contribution is -0.144. The Labute approximate surface area is 142 Å². The van der Waals surface area contributed by atoms with Crippen LogP contribution in [0.15, 0.2) is 42.0 Å². The van der Waals surface area contributed by atoms with Gasteiger partial charge in [-0.3, -0.25) is 4.90 Å². The number of hydrogen-bond donors (Lipinski definition) is 1. The molecule has 24 heavy (non-hydrogen) atoms. The van der Waals surface area contributed by atoms with E-state index in [4.69, 9.17) is 4.74 Å². The number of carbonyl (C=O) groups excluding carboxylic acids is 1. The number of carboxylic acid groups (broad SMARTS) is 1. The fourth-order valence-electron chi connectivity index (χ4n) is 3.45. The zero-order chi connectivity index (χ0) is 17.7. The van der Waals surface area contributed by atoms with Gasteiger partial charge in [-0.2, -0.15) is 0 Å². The van der Waals surface area contributed by atoms with E-state index in [2.05, 4.69) is 13.0 Å². The summed E-state index contributed by atoms with van der Waals surface area (Å²) in [6, 6.07) is 8.46. The molecule has 5 heteroatoms. The summed E-state index contributed by atoms with van der Waals surface area (Å²) in [6.45, 7) is 4.22. The van der Waals surface area contributed by atoms with E-state index in [0.717, 1.165) is 12.0 Å². The van der Waals surface area contributed by atoms with Crippen LogP contribution < -0.4 is 0 Å². The maximum atomic E-state index is 12.3. The van der Waals surface area contributed by atoms with Crippen molar-refractivity contribution in [2.75, 3.05) is 7.05 Å². The van der Waals surface area contributed by atoms with Crippen molar-refractivity contribution in [1.82, 2.24) is 4.90 Å². The molecular weight excluding hydrogens is 306 g/mol. The van der Waals surface area contributed by atoms with Gasteiger partial charge >= 0.3 is 12.1 Å². The quantitative estimate of drug-likeness (QED) is 0.836. The normalized spacial score (nSPS) is 21.5. The summed E-state index contributed by atoms with van der Waals surface area (Å²) < 4.78 is 5.27. The molecule has 1 aromatic carbocycles. The fourth-order valence-corrected chi connectivity index (χ4v) is 3.45. The van der Waals surface area contributed by atoms with Gasteiger partial charge in [0.05, 0.1) is 0 Å². The summed E-state index contributed by atoms with van der Waals surface area (Å²) in [5.74, 6) is -0.767. The highest BCUT2D eigenvalue weighted by Gasteiger charge is 2.37. The first-order valence-corrected chi connectivity index (χ1v) is 8.22. The molecule has 0 bridgehead atoms. The monoisotopic (exact) mass is 331 g/mol. The van der Waals surface area contributed by atoms with E-state index in [9.17, 15) is 14.7 Å². The predicted molar refractivity (Wildman–Crippen MR) is 91.5 cm³/mol. The van der Waals surface area contributed by atoms with Gasteiger partial charge in [0.2, 0.25) is 0 Å². The standard InChI is InChI=1S/C19H25NO4/c1-13-9-14(2)11-16(10-13)17(18(21)22)20(3)19(23)24-12-15-7-5-4-6-8-15/h4-9,13,16-17H,10-12H2,1-3H3,(H,21,22). The molecule has 0 saturated heterocycles. The van der Waals surface area contributed by atoms with Crippen LogP contribution in [0.25, 0.3) is 0 Å². The minimum atomic E-state index is -0.985. The molecule has 1 amide bonds. The van der Waals surface area contributed by atoms with Gasteiger partial charge in [0, 0.05) is 7.05 Å². The van der Waals surface area contributed by atoms with Crippen LogP contribution in [-0.4, -0.2) is 35.2 Å². The Morgan fingerprint density at radius 2 is 2.00 bits per heavy atom. The average Bonchev–Trinajstić information content (AvgIpc) is 2.52. The number of amides is 1. The highest BCUT2D eigenvalue weighted by atomic mass is 16.6. The van der Waals surface area contributed by atoms with E-state index in [-0.39, 0.29) is 12.5 Å². The van der Waals surface area contributed by atoms with Gasteiger partial charge < -0.3 is 9.84 Å². The number of benzene rings is 1. The second-order valence-electron chi connectivity index (χ2n) is 6.62. The topological polar surface area (TPSA) is 66.8 Å². The molecule has 3 atom stereocenters. The number of rotatable bonds is 5. The molecule has 1 aliphatic rings. The summed E-state index contributed by atoms with van der Waals surface area (Å²) in [4.78, 5) is 25.3. The highest BCUT2D eigenvalue weighted by Crippen LogP contribution is 2.32. The molecule has 0 spiro atoms. The molecule has 0 saturated carbocycles. The molecule has 2 rings (SSSR count). The zero-order valence-electron chi connectivity index (χ0n) is 14.4. The summed E-state index contributed by atoms with van der Waals surface area (Å²) in [5, 5.41) is 9.63. The average molecular weight is 331 g/mol. The highest BCUT2D eigenvalue weighted by molar-refractivity contribution is 5.80. The molecule has 0 fully saturated rings. The van der Waals surface area contributed by atoms with Crippen molar-refractivity contribution in [2.45, 2.75) is 39.3 Å². The molecule has 0 aromatic heterocycles. The van der Waals surface area contributed by atoms with Crippen molar-refractivity contribution in [3.8, 4) is 0 Å². The smallest absolute Gasteiger partial charge is 0.410 e. The lowest BCUT2D eigenvalue weighted by Gasteiger charge is -2.34. The predicted octanol–water partition coefficient (Wildman–Crippen LogP) is 3.70. The number of hydrogen-bond acceptors (Lipinski definition) is 3. The van der Waals surface area contributed by atoms with Crippen molar-refractivity contribution in [3.05, 3.63) is 47.5 Å². The van der Waals surface area contributed by atoms with Gasteiger partial charge in [0.25, 0.3) is 0 Å². The Kier molecular flexibility index (Phi) is 6.01. The lowest BCUT2D eigenvalue weighted by atomic mass is 9.79. The number of allylic oxidation sites excluding steroid dienone is 2. The van der Waals surface area contributed by atoms with E-state index >= 15 is 0 Å². The number of ether oxygens (including phenoxy) is 1. The molecule has 0 radical (unpaired) electrons. The zero-order valence-corrected chi connectivity index (χ0v) is 14.4. The second-order valence-corrected chi connectivity index (χ2v) is 6.62. The maximum Gasteiger partial charge on any atom is 0.410 e. The third-order valence-electron chi connectivity index (χ3n) is 4.44. The fraction of sp³-hybridized carbons (Fsp3) is 0.474. The second kappa shape index (κ2) is 7.99. The number of nitrogens with zero attached hydrogens (tertiary/aromatic N) is 1. The SMILES string of the molecule is CC1=CC(C)CC(C(C(=O)O)N(C)C(=O)OCc2ccccc2)C1. The first kappa shape index (κ1) is 18.0. The van der Waals surface area contributed by atoms with E-state index in [1.54, 1.807) is 0 Å². The van der Waals surface area contributed by atoms with Gasteiger partial charge in [-0.05, 0) is 37.2 Å². The van der Waals surface area contributed by atoms with Gasteiger partial charge in [0.15, 0.2) is 0 Å². The molecule has 0 heterocycles. The van der Waals surface area contributed by atoms with Gasteiger partial charge in [-0.1, -0.05) is 48.9 Å². The number of carbonyl (C=O) groups is 2. The summed E-state index contributed by atoms with van der Waals surface area (Å²) in [7, 11) is 1.50. The number of aliphatic carboxylic acids is 1. The van der Waals surface area contributed by atoms with E-state index in [0.29, 0.717) is 12.3 Å². The van der Waals surface area contributed by atoms with Gasteiger partial charge in [0.1, 0.15) is 12.6 Å². The molecule has 1 aromatic rings. The molecule has 1 N–H and O–H groups in total. The minimum Gasteiger partial charge on any atom is -0.480 e. The minimum absolute atomic E-state index is 0.100. The molecule has 130 valence electrons. The van der Waals surface area contributed by atoms with Crippen molar-refractivity contribution < 1.29 is 19.4 Å². The Morgan fingerprint density at radius 3 is 2.58 bits per heavy atom. The Hall–Kier alpha value is -2.30. The van der Waals surface area contributed by atoms with Crippen LogP contribution in [0, 0.1) is 11.8 Å². The molecule has 1 aliphatic carbocycles. The lowest BCUT2D eigenvalue weighted by Crippen LogP contribution is -2.48. The van der Waals surface area contributed by atoms with Crippen LogP contribution in [0.5, 0.6) is 0 Å². The van der Waals surface area contributed by atoms with E-state index in [1.807, 2.05) is 37.3 Å². The molecule has 0 aliphatic heterocycles. The van der Waals surface area contributed by atoms with Crippen LogP contribution in [0.1, 0.15) is 32.3 Å². The number of carboxylic acids is 1. The van der Waals surface area contributed by atoms with Crippen LogP contribution in [0.4, 0.5) is 4.79 Å². The van der Waals surface area contributed by atoms with Gasteiger partial charge in [-0.25, -0.2) is 9.59 Å². The van der Waals surface area contributed by atoms with Crippen molar-refractivity contribution in [2.24, 2.45) is 11.8 Å². The Morgan fingerprint density at radius 1 is 1.33 bits per heavy atom. The molecule has 3 unspecified atom stereocenters. The van der Waals surface area contributed by atoms with Crippen LogP contribution in [0.3, 0.4) is 0 Å². The first-order chi connectivity index (χ1) is 11.4. The third-order valence-corrected chi connectivity index (χ3v) is 4.44. The summed E-state index contributed by atoms with van der Waals surface area (Å²) >= 11 is 0. The van der Waals surface area contributed by atoms with Crippen molar-refractivity contribution >= 4 is 12.1 Å². The largest absolute Gasteiger partial charge is 0.480 e. The third kappa shape index (κ3) is 4.60. The van der Waals surface area contributed by atoms with Crippen LogP contribution >= 0.6 is 0 Å². The Balaban J connectivity index is 2.03. The Bertz CT molecular complexity index is 611. The molecular formula is C19H25NO4. The maximum absolute atomic E-state index is 12.3.